The minimum Gasteiger partial charge on any atom is -0.445 e. The van der Waals surface area contributed by atoms with Gasteiger partial charge in [-0.15, -0.1) is 0 Å². The molecule has 0 N–H and O–H groups in total. The molecule has 3 rings (SSSR count). The van der Waals surface area contributed by atoms with E-state index in [1.54, 1.807) is 7.11 Å². The molecule has 0 spiro atoms. The average Bonchev–Trinajstić information content (AvgIpc) is 3.10. The van der Waals surface area contributed by atoms with Crippen LogP contribution < -0.4 is 0 Å². The van der Waals surface area contributed by atoms with Gasteiger partial charge in [-0.1, -0.05) is 30.3 Å². The van der Waals surface area contributed by atoms with Crippen molar-refractivity contribution in [2.24, 2.45) is 0 Å². The van der Waals surface area contributed by atoms with E-state index in [4.69, 9.17) is 9.15 Å². The van der Waals surface area contributed by atoms with Crippen LogP contribution in [0.25, 0.3) is 0 Å². The summed E-state index contributed by atoms with van der Waals surface area (Å²) in [6.45, 7) is 5.01. The fraction of sp³-hybridized carbons (Fsp3) is 0.500. The van der Waals surface area contributed by atoms with Crippen LogP contribution in [0.3, 0.4) is 0 Å². The van der Waals surface area contributed by atoms with E-state index in [1.165, 1.54) is 5.56 Å². The molecule has 1 atom stereocenters. The van der Waals surface area contributed by atoms with Gasteiger partial charge in [0.15, 0.2) is 5.89 Å². The molecule has 0 radical (unpaired) electrons. The Balaban J connectivity index is 1.67. The first kappa shape index (κ1) is 17.7. The molecule has 5 nitrogen and oxygen atoms in total. The van der Waals surface area contributed by atoms with Crippen LogP contribution in [-0.4, -0.2) is 41.6 Å². The van der Waals surface area contributed by atoms with Gasteiger partial charge in [0.25, 0.3) is 5.91 Å². The van der Waals surface area contributed by atoms with Gasteiger partial charge in [0.05, 0.1) is 12.1 Å². The van der Waals surface area contributed by atoms with E-state index in [2.05, 4.69) is 17.1 Å². The van der Waals surface area contributed by atoms with Gasteiger partial charge in [0.1, 0.15) is 11.4 Å². The Morgan fingerprint density at radius 1 is 1.36 bits per heavy atom. The largest absolute Gasteiger partial charge is 0.445 e. The molecular formula is C20H26N2O3. The average molecular weight is 342 g/mol. The number of amides is 1. The van der Waals surface area contributed by atoms with Gasteiger partial charge in [-0.25, -0.2) is 4.98 Å². The van der Waals surface area contributed by atoms with E-state index in [-0.39, 0.29) is 11.8 Å². The maximum atomic E-state index is 12.6. The van der Waals surface area contributed by atoms with Crippen LogP contribution in [0.4, 0.5) is 0 Å². The van der Waals surface area contributed by atoms with Gasteiger partial charge in [-0.05, 0) is 32.3 Å². The molecule has 1 aromatic carbocycles. The smallest absolute Gasteiger partial charge is 0.254 e. The van der Waals surface area contributed by atoms with Crippen molar-refractivity contribution in [2.75, 3.05) is 20.2 Å². The van der Waals surface area contributed by atoms with Crippen molar-refractivity contribution < 1.29 is 13.9 Å². The third-order valence-electron chi connectivity index (χ3n) is 4.88. The highest BCUT2D eigenvalue weighted by atomic mass is 16.5. The zero-order valence-corrected chi connectivity index (χ0v) is 15.2. The van der Waals surface area contributed by atoms with E-state index in [9.17, 15) is 4.79 Å². The number of likely N-dealkylation sites (tertiary alicyclic amines) is 1. The standard InChI is InChI=1S/C20H26N2O3/c1-20(2,24-3)19(23)22-11-7-10-16(14-22)18-21-13-17(25-18)12-15-8-5-4-6-9-15/h4-6,8-9,13,16H,7,10-12,14H2,1-3H3/t16-/m1/s1. The summed E-state index contributed by atoms with van der Waals surface area (Å²) in [7, 11) is 1.57. The maximum Gasteiger partial charge on any atom is 0.254 e. The molecule has 1 fully saturated rings. The SMILES string of the molecule is COC(C)(C)C(=O)N1CCC[C@@H](c2ncc(Cc3ccccc3)o2)C1. The van der Waals surface area contributed by atoms with Crippen molar-refractivity contribution in [3.05, 3.63) is 53.7 Å². The summed E-state index contributed by atoms with van der Waals surface area (Å²) in [5.41, 5.74) is 0.407. The topological polar surface area (TPSA) is 55.6 Å². The van der Waals surface area contributed by atoms with Crippen molar-refractivity contribution >= 4 is 5.91 Å². The summed E-state index contributed by atoms with van der Waals surface area (Å²) >= 11 is 0. The number of methoxy groups -OCH3 is 1. The highest BCUT2D eigenvalue weighted by Crippen LogP contribution is 2.28. The van der Waals surface area contributed by atoms with Crippen molar-refractivity contribution in [3.8, 4) is 0 Å². The second kappa shape index (κ2) is 7.40. The summed E-state index contributed by atoms with van der Waals surface area (Å²) in [6, 6.07) is 10.2. The number of ether oxygens (including phenoxy) is 1. The number of carbonyl (C=O) groups excluding carboxylic acids is 1. The van der Waals surface area contributed by atoms with Crippen LogP contribution >= 0.6 is 0 Å². The molecule has 1 amide bonds. The highest BCUT2D eigenvalue weighted by Gasteiger charge is 2.35. The van der Waals surface area contributed by atoms with Gasteiger partial charge in [-0.3, -0.25) is 4.79 Å². The lowest BCUT2D eigenvalue weighted by molar-refractivity contribution is -0.152. The number of aromatic nitrogens is 1. The first-order chi connectivity index (χ1) is 12.0. The number of rotatable bonds is 5. The second-order valence-corrected chi connectivity index (χ2v) is 7.13. The lowest BCUT2D eigenvalue weighted by Crippen LogP contribution is -2.49. The van der Waals surface area contributed by atoms with Crippen molar-refractivity contribution in [1.29, 1.82) is 0 Å². The summed E-state index contributed by atoms with van der Waals surface area (Å²) in [4.78, 5) is 19.0. The van der Waals surface area contributed by atoms with E-state index in [0.717, 1.165) is 37.5 Å². The summed E-state index contributed by atoms with van der Waals surface area (Å²) in [5, 5.41) is 0. The van der Waals surface area contributed by atoms with Crippen LogP contribution in [0.15, 0.2) is 40.9 Å². The van der Waals surface area contributed by atoms with Crippen LogP contribution in [0.1, 0.15) is 49.8 Å². The molecule has 0 unspecified atom stereocenters. The van der Waals surface area contributed by atoms with Gasteiger partial charge in [0.2, 0.25) is 0 Å². The quantitative estimate of drug-likeness (QED) is 0.836. The Hall–Kier alpha value is -2.14. The summed E-state index contributed by atoms with van der Waals surface area (Å²) < 4.78 is 11.3. The van der Waals surface area contributed by atoms with Crippen molar-refractivity contribution in [3.63, 3.8) is 0 Å². The Morgan fingerprint density at radius 2 is 2.12 bits per heavy atom. The Bertz CT molecular complexity index is 709. The molecule has 0 saturated carbocycles. The van der Waals surface area contributed by atoms with Gasteiger partial charge in [-0.2, -0.15) is 0 Å². The number of nitrogens with zero attached hydrogens (tertiary/aromatic N) is 2. The molecule has 5 heteroatoms. The lowest BCUT2D eigenvalue weighted by atomic mass is 9.96. The molecule has 25 heavy (non-hydrogen) atoms. The maximum absolute atomic E-state index is 12.6. The fourth-order valence-corrected chi connectivity index (χ4v) is 3.22. The number of hydrogen-bond acceptors (Lipinski definition) is 4. The minimum absolute atomic E-state index is 0.0239. The molecule has 0 aliphatic carbocycles. The van der Waals surface area contributed by atoms with Gasteiger partial charge in [0, 0.05) is 26.6 Å². The van der Waals surface area contributed by atoms with E-state index in [0.29, 0.717) is 6.54 Å². The zero-order valence-electron chi connectivity index (χ0n) is 15.2. The first-order valence-corrected chi connectivity index (χ1v) is 8.82. The summed E-state index contributed by atoms with van der Waals surface area (Å²) in [5.74, 6) is 1.77. The molecule has 134 valence electrons. The Kier molecular flexibility index (Phi) is 5.23. The van der Waals surface area contributed by atoms with Crippen LogP contribution in [0, 0.1) is 0 Å². The van der Waals surface area contributed by atoms with Crippen molar-refractivity contribution in [2.45, 2.75) is 44.6 Å². The normalized spacial score (nSPS) is 18.4. The third kappa shape index (κ3) is 4.10. The monoisotopic (exact) mass is 342 g/mol. The number of piperidine rings is 1. The number of carbonyl (C=O) groups is 1. The van der Waals surface area contributed by atoms with Gasteiger partial charge >= 0.3 is 0 Å². The molecule has 1 aliphatic rings. The molecule has 2 aromatic rings. The van der Waals surface area contributed by atoms with E-state index < -0.39 is 5.60 Å². The van der Waals surface area contributed by atoms with Crippen LogP contribution in [0.5, 0.6) is 0 Å². The lowest BCUT2D eigenvalue weighted by Gasteiger charge is -2.36. The minimum atomic E-state index is -0.795. The Labute approximate surface area is 149 Å². The van der Waals surface area contributed by atoms with E-state index >= 15 is 0 Å². The van der Waals surface area contributed by atoms with Gasteiger partial charge < -0.3 is 14.1 Å². The predicted molar refractivity (Wildman–Crippen MR) is 95.4 cm³/mol. The number of oxazole rings is 1. The second-order valence-electron chi connectivity index (χ2n) is 7.13. The molecule has 1 saturated heterocycles. The molecule has 1 aromatic heterocycles. The van der Waals surface area contributed by atoms with E-state index in [1.807, 2.05) is 43.1 Å². The molecule has 1 aliphatic heterocycles. The summed E-state index contributed by atoms with van der Waals surface area (Å²) in [6.07, 6.45) is 4.48. The van der Waals surface area contributed by atoms with Crippen LogP contribution in [-0.2, 0) is 16.0 Å². The molecular weight excluding hydrogens is 316 g/mol. The molecule has 2 heterocycles. The predicted octanol–water partition coefficient (Wildman–Crippen LogP) is 3.40. The number of benzene rings is 1. The zero-order chi connectivity index (χ0) is 17.9. The molecule has 0 bridgehead atoms. The van der Waals surface area contributed by atoms with Crippen LogP contribution in [0.2, 0.25) is 0 Å². The highest BCUT2D eigenvalue weighted by molar-refractivity contribution is 5.84. The Morgan fingerprint density at radius 3 is 2.84 bits per heavy atom. The third-order valence-corrected chi connectivity index (χ3v) is 4.88. The van der Waals surface area contributed by atoms with Crippen molar-refractivity contribution in [1.82, 2.24) is 9.88 Å². The first-order valence-electron chi connectivity index (χ1n) is 8.82. The fourth-order valence-electron chi connectivity index (χ4n) is 3.22. The number of hydrogen-bond donors (Lipinski definition) is 0.